The van der Waals surface area contributed by atoms with Gasteiger partial charge in [-0.3, -0.25) is 4.79 Å². The molecule has 0 bridgehead atoms. The summed E-state index contributed by atoms with van der Waals surface area (Å²) < 4.78 is 0.836. The van der Waals surface area contributed by atoms with Crippen LogP contribution in [0.2, 0.25) is 0 Å². The first-order valence-corrected chi connectivity index (χ1v) is 5.82. The van der Waals surface area contributed by atoms with Crippen molar-refractivity contribution < 1.29 is 4.79 Å². The monoisotopic (exact) mass is 286 g/mol. The number of pyridine rings is 1. The van der Waals surface area contributed by atoms with Gasteiger partial charge in [-0.05, 0) is 34.8 Å². The van der Waals surface area contributed by atoms with Crippen molar-refractivity contribution in [3.63, 3.8) is 0 Å². The third-order valence-electron chi connectivity index (χ3n) is 2.00. The first kappa shape index (κ1) is 12.8. The van der Waals surface area contributed by atoms with Crippen molar-refractivity contribution in [3.05, 3.63) is 16.7 Å². The minimum Gasteiger partial charge on any atom is -0.397 e. The summed E-state index contributed by atoms with van der Waals surface area (Å²) in [6, 6.07) is 1.79. The van der Waals surface area contributed by atoms with Gasteiger partial charge in [0.1, 0.15) is 5.82 Å². The standard InChI is InChI=1S/C10H15BrN4O/c11-8-5-7(12)6-15-10(8)14-4-2-1-3-9(13)16/h5-6H,1-4,12H2,(H2,13,16)(H,14,15). The second kappa shape index (κ2) is 6.32. The van der Waals surface area contributed by atoms with Gasteiger partial charge in [-0.2, -0.15) is 0 Å². The first-order chi connectivity index (χ1) is 7.59. The van der Waals surface area contributed by atoms with Gasteiger partial charge in [0.25, 0.3) is 0 Å². The molecule has 0 aliphatic heterocycles. The maximum Gasteiger partial charge on any atom is 0.217 e. The van der Waals surface area contributed by atoms with Gasteiger partial charge in [-0.1, -0.05) is 0 Å². The number of halogens is 1. The summed E-state index contributed by atoms with van der Waals surface area (Å²) in [7, 11) is 0. The highest BCUT2D eigenvalue weighted by Gasteiger charge is 2.01. The van der Waals surface area contributed by atoms with E-state index >= 15 is 0 Å². The van der Waals surface area contributed by atoms with E-state index in [9.17, 15) is 4.79 Å². The number of rotatable bonds is 6. The number of primary amides is 1. The van der Waals surface area contributed by atoms with E-state index in [2.05, 4.69) is 26.2 Å². The largest absolute Gasteiger partial charge is 0.397 e. The second-order valence-corrected chi connectivity index (χ2v) is 4.30. The predicted molar refractivity (Wildman–Crippen MR) is 67.9 cm³/mol. The van der Waals surface area contributed by atoms with Gasteiger partial charge in [-0.25, -0.2) is 4.98 Å². The Morgan fingerprint density at radius 3 is 2.88 bits per heavy atom. The molecule has 0 fully saturated rings. The molecule has 5 nitrogen and oxygen atoms in total. The van der Waals surface area contributed by atoms with E-state index in [0.29, 0.717) is 12.1 Å². The van der Waals surface area contributed by atoms with Crippen LogP contribution in [0, 0.1) is 0 Å². The zero-order valence-corrected chi connectivity index (χ0v) is 10.5. The molecule has 6 heteroatoms. The minimum atomic E-state index is -0.258. The number of unbranched alkanes of at least 4 members (excludes halogenated alkanes) is 1. The van der Waals surface area contributed by atoms with Crippen LogP contribution >= 0.6 is 15.9 Å². The SMILES string of the molecule is NC(=O)CCCCNc1ncc(N)cc1Br. The molecule has 1 aromatic rings. The average Bonchev–Trinajstić information content (AvgIpc) is 2.20. The summed E-state index contributed by atoms with van der Waals surface area (Å²) >= 11 is 3.36. The number of nitrogen functional groups attached to an aromatic ring is 1. The fourth-order valence-electron chi connectivity index (χ4n) is 1.21. The third-order valence-corrected chi connectivity index (χ3v) is 2.61. The van der Waals surface area contributed by atoms with Crippen LogP contribution in [-0.2, 0) is 4.79 Å². The molecule has 0 radical (unpaired) electrons. The van der Waals surface area contributed by atoms with E-state index in [1.54, 1.807) is 12.3 Å². The zero-order chi connectivity index (χ0) is 12.0. The Morgan fingerprint density at radius 1 is 1.50 bits per heavy atom. The molecule has 0 aliphatic rings. The highest BCUT2D eigenvalue weighted by Crippen LogP contribution is 2.21. The van der Waals surface area contributed by atoms with Crippen molar-refractivity contribution in [1.82, 2.24) is 4.98 Å². The molecule has 0 saturated heterocycles. The molecule has 1 aromatic heterocycles. The number of anilines is 2. The van der Waals surface area contributed by atoms with Gasteiger partial charge in [0.15, 0.2) is 0 Å². The van der Waals surface area contributed by atoms with Gasteiger partial charge in [-0.15, -0.1) is 0 Å². The van der Waals surface area contributed by atoms with Gasteiger partial charge in [0.2, 0.25) is 5.91 Å². The number of nitrogens with two attached hydrogens (primary N) is 2. The maximum atomic E-state index is 10.5. The van der Waals surface area contributed by atoms with Gasteiger partial charge >= 0.3 is 0 Å². The molecule has 1 heterocycles. The zero-order valence-electron chi connectivity index (χ0n) is 8.87. The molecule has 1 amide bonds. The number of hydrogen-bond acceptors (Lipinski definition) is 4. The molecule has 0 aliphatic carbocycles. The molecular formula is C10H15BrN4O. The average molecular weight is 287 g/mol. The molecule has 0 unspecified atom stereocenters. The Balaban J connectivity index is 2.29. The molecule has 16 heavy (non-hydrogen) atoms. The summed E-state index contributed by atoms with van der Waals surface area (Å²) in [4.78, 5) is 14.6. The summed E-state index contributed by atoms with van der Waals surface area (Å²) in [5.41, 5.74) is 11.2. The number of nitrogens with zero attached hydrogens (tertiary/aromatic N) is 1. The van der Waals surface area contributed by atoms with E-state index in [-0.39, 0.29) is 5.91 Å². The third kappa shape index (κ3) is 4.48. The molecular weight excluding hydrogens is 272 g/mol. The summed E-state index contributed by atoms with van der Waals surface area (Å²) in [6.07, 6.45) is 3.69. The van der Waals surface area contributed by atoms with Crippen LogP contribution in [-0.4, -0.2) is 17.4 Å². The maximum absolute atomic E-state index is 10.5. The van der Waals surface area contributed by atoms with Gasteiger partial charge in [0, 0.05) is 13.0 Å². The molecule has 0 aromatic carbocycles. The smallest absolute Gasteiger partial charge is 0.217 e. The number of amides is 1. The van der Waals surface area contributed by atoms with Crippen LogP contribution in [0.25, 0.3) is 0 Å². The van der Waals surface area contributed by atoms with Crippen LogP contribution in [0.3, 0.4) is 0 Å². The summed E-state index contributed by atoms with van der Waals surface area (Å²) in [5.74, 6) is 0.500. The van der Waals surface area contributed by atoms with Crippen molar-refractivity contribution >= 4 is 33.3 Å². The number of carbonyl (C=O) groups is 1. The molecule has 0 saturated carbocycles. The van der Waals surface area contributed by atoms with Crippen molar-refractivity contribution in [2.24, 2.45) is 5.73 Å². The van der Waals surface area contributed by atoms with Crippen molar-refractivity contribution in [2.45, 2.75) is 19.3 Å². The van der Waals surface area contributed by atoms with E-state index in [0.717, 1.165) is 29.7 Å². The van der Waals surface area contributed by atoms with Crippen molar-refractivity contribution in [3.8, 4) is 0 Å². The minimum absolute atomic E-state index is 0.258. The van der Waals surface area contributed by atoms with Crippen LogP contribution in [0.1, 0.15) is 19.3 Å². The summed E-state index contributed by atoms with van der Waals surface area (Å²) in [5, 5.41) is 3.15. The van der Waals surface area contributed by atoms with Gasteiger partial charge < -0.3 is 16.8 Å². The van der Waals surface area contributed by atoms with E-state index in [1.165, 1.54) is 0 Å². The number of aromatic nitrogens is 1. The number of hydrogen-bond donors (Lipinski definition) is 3. The Kier molecular flexibility index (Phi) is 5.04. The lowest BCUT2D eigenvalue weighted by atomic mass is 10.2. The Labute approximate surface area is 103 Å². The van der Waals surface area contributed by atoms with E-state index < -0.39 is 0 Å². The molecule has 0 spiro atoms. The van der Waals surface area contributed by atoms with Crippen molar-refractivity contribution in [1.29, 1.82) is 0 Å². The molecule has 88 valence electrons. The van der Waals surface area contributed by atoms with Crippen LogP contribution < -0.4 is 16.8 Å². The predicted octanol–water partition coefficient (Wildman–Crippen LogP) is 1.49. The lowest BCUT2D eigenvalue weighted by Crippen LogP contribution is -2.11. The first-order valence-electron chi connectivity index (χ1n) is 5.03. The molecule has 5 N–H and O–H groups in total. The van der Waals surface area contributed by atoms with E-state index in [4.69, 9.17) is 11.5 Å². The van der Waals surface area contributed by atoms with Crippen LogP contribution in [0.4, 0.5) is 11.5 Å². The van der Waals surface area contributed by atoms with Crippen LogP contribution in [0.15, 0.2) is 16.7 Å². The van der Waals surface area contributed by atoms with E-state index in [1.807, 2.05) is 0 Å². The Hall–Kier alpha value is -1.30. The Bertz CT molecular complexity index is 370. The fraction of sp³-hybridized carbons (Fsp3) is 0.400. The van der Waals surface area contributed by atoms with Crippen molar-refractivity contribution in [2.75, 3.05) is 17.6 Å². The number of carbonyl (C=O) groups excluding carboxylic acids is 1. The highest BCUT2D eigenvalue weighted by atomic mass is 79.9. The highest BCUT2D eigenvalue weighted by molar-refractivity contribution is 9.10. The normalized spacial score (nSPS) is 10.1. The molecule has 1 rings (SSSR count). The number of nitrogens with one attached hydrogen (secondary N) is 1. The quantitative estimate of drug-likeness (QED) is 0.691. The molecule has 0 atom stereocenters. The summed E-state index contributed by atoms with van der Waals surface area (Å²) in [6.45, 7) is 0.753. The van der Waals surface area contributed by atoms with Crippen LogP contribution in [0.5, 0.6) is 0 Å². The topological polar surface area (TPSA) is 94.0 Å². The van der Waals surface area contributed by atoms with Gasteiger partial charge in [0.05, 0.1) is 16.4 Å². The lowest BCUT2D eigenvalue weighted by Gasteiger charge is -2.07. The lowest BCUT2D eigenvalue weighted by molar-refractivity contribution is -0.118. The Morgan fingerprint density at radius 2 is 2.25 bits per heavy atom. The fourth-order valence-corrected chi connectivity index (χ4v) is 1.72. The second-order valence-electron chi connectivity index (χ2n) is 3.45.